The number of nitrogens with one attached hydrogen (secondary N) is 1. The van der Waals surface area contributed by atoms with E-state index < -0.39 is 15.8 Å². The molecule has 0 unspecified atom stereocenters. The van der Waals surface area contributed by atoms with Gasteiger partial charge in [0.15, 0.2) is 0 Å². The van der Waals surface area contributed by atoms with Crippen molar-refractivity contribution in [2.45, 2.75) is 18.7 Å². The monoisotopic (exact) mass is 285 g/mol. The van der Waals surface area contributed by atoms with E-state index in [2.05, 4.69) is 4.72 Å². The maximum atomic E-state index is 13.0. The highest BCUT2D eigenvalue weighted by molar-refractivity contribution is 7.93. The summed E-state index contributed by atoms with van der Waals surface area (Å²) < 4.78 is 39.6. The van der Waals surface area contributed by atoms with Crippen LogP contribution >= 0.6 is 11.3 Å². The normalized spacial score (nSPS) is 11.5. The average Bonchev–Trinajstić information content (AvgIpc) is 2.58. The van der Waals surface area contributed by atoms with Crippen LogP contribution in [0.2, 0.25) is 0 Å². The molecule has 6 heteroatoms. The van der Waals surface area contributed by atoms with Gasteiger partial charge in [0.25, 0.3) is 10.0 Å². The second kappa shape index (κ2) is 4.70. The minimum atomic E-state index is -3.65. The van der Waals surface area contributed by atoms with Gasteiger partial charge in [-0.2, -0.15) is 0 Å². The van der Waals surface area contributed by atoms with Gasteiger partial charge < -0.3 is 0 Å². The molecule has 0 atom stereocenters. The third kappa shape index (κ3) is 2.70. The molecule has 0 aliphatic carbocycles. The fraction of sp³-hybridized carbons (Fsp3) is 0.167. The third-order valence-corrected chi connectivity index (χ3v) is 4.96. The molecule has 0 radical (unpaired) electrons. The molecule has 0 bridgehead atoms. The van der Waals surface area contributed by atoms with E-state index >= 15 is 0 Å². The number of thiophene rings is 1. The van der Waals surface area contributed by atoms with Crippen LogP contribution in [0.25, 0.3) is 0 Å². The minimum Gasteiger partial charge on any atom is -0.279 e. The fourth-order valence-corrected chi connectivity index (χ4v) is 4.24. The molecule has 1 aromatic carbocycles. The standard InChI is InChI=1S/C12H12FNO2S2/c1-8-6-12(9(2)17-8)18(15,16)14-11-5-3-4-10(13)7-11/h3-7,14H,1-2H3. The fourth-order valence-electron chi connectivity index (χ4n) is 1.64. The number of sulfonamides is 1. The molecule has 0 saturated carbocycles. The molecule has 1 N–H and O–H groups in total. The molecule has 18 heavy (non-hydrogen) atoms. The molecule has 0 spiro atoms. The molecule has 0 amide bonds. The summed E-state index contributed by atoms with van der Waals surface area (Å²) in [5.74, 6) is -0.478. The van der Waals surface area contributed by atoms with Crippen LogP contribution < -0.4 is 4.72 Å². The van der Waals surface area contributed by atoms with Crippen LogP contribution in [-0.2, 0) is 10.0 Å². The Bertz CT molecular complexity index is 677. The summed E-state index contributed by atoms with van der Waals surface area (Å²) in [5, 5.41) is 0. The highest BCUT2D eigenvalue weighted by atomic mass is 32.2. The Kier molecular flexibility index (Phi) is 3.41. The maximum Gasteiger partial charge on any atom is 0.263 e. The Hall–Kier alpha value is -1.40. The number of hydrogen-bond donors (Lipinski definition) is 1. The van der Waals surface area contributed by atoms with Crippen molar-refractivity contribution in [1.82, 2.24) is 0 Å². The molecule has 3 nitrogen and oxygen atoms in total. The van der Waals surface area contributed by atoms with E-state index in [9.17, 15) is 12.8 Å². The van der Waals surface area contributed by atoms with Crippen LogP contribution in [0.15, 0.2) is 35.2 Å². The van der Waals surface area contributed by atoms with Gasteiger partial charge in [-0.1, -0.05) is 6.07 Å². The summed E-state index contributed by atoms with van der Waals surface area (Å²) in [7, 11) is -3.65. The summed E-state index contributed by atoms with van der Waals surface area (Å²) in [6, 6.07) is 6.99. The van der Waals surface area contributed by atoms with E-state index in [1.165, 1.54) is 29.5 Å². The summed E-state index contributed by atoms with van der Waals surface area (Å²) in [6.45, 7) is 3.59. The lowest BCUT2D eigenvalue weighted by Crippen LogP contribution is -2.13. The van der Waals surface area contributed by atoms with Crippen LogP contribution in [0.3, 0.4) is 0 Å². The van der Waals surface area contributed by atoms with Crippen LogP contribution in [0.4, 0.5) is 10.1 Å². The topological polar surface area (TPSA) is 46.2 Å². The van der Waals surface area contributed by atoms with Gasteiger partial charge in [-0.3, -0.25) is 4.72 Å². The van der Waals surface area contributed by atoms with E-state index in [-0.39, 0.29) is 10.6 Å². The zero-order valence-electron chi connectivity index (χ0n) is 9.90. The molecule has 1 heterocycles. The van der Waals surface area contributed by atoms with E-state index in [4.69, 9.17) is 0 Å². The van der Waals surface area contributed by atoms with Gasteiger partial charge in [0, 0.05) is 9.75 Å². The van der Waals surface area contributed by atoms with Gasteiger partial charge in [-0.05, 0) is 38.1 Å². The smallest absolute Gasteiger partial charge is 0.263 e. The molecule has 2 aromatic rings. The first-order chi connectivity index (χ1) is 8.38. The largest absolute Gasteiger partial charge is 0.279 e. The zero-order chi connectivity index (χ0) is 13.3. The van der Waals surface area contributed by atoms with Gasteiger partial charge in [0.1, 0.15) is 10.7 Å². The van der Waals surface area contributed by atoms with Crippen LogP contribution in [-0.4, -0.2) is 8.42 Å². The van der Waals surface area contributed by atoms with Crippen molar-refractivity contribution in [2.75, 3.05) is 4.72 Å². The quantitative estimate of drug-likeness (QED) is 0.940. The molecule has 0 aliphatic rings. The van der Waals surface area contributed by atoms with Crippen LogP contribution in [0.1, 0.15) is 9.75 Å². The van der Waals surface area contributed by atoms with Crippen molar-refractivity contribution in [3.8, 4) is 0 Å². The molecule has 0 fully saturated rings. The van der Waals surface area contributed by atoms with Gasteiger partial charge in [0.05, 0.1) is 5.69 Å². The Morgan fingerprint density at radius 2 is 1.94 bits per heavy atom. The first kappa shape index (κ1) is 13.0. The lowest BCUT2D eigenvalue weighted by molar-refractivity contribution is 0.601. The third-order valence-electron chi connectivity index (χ3n) is 2.36. The second-order valence-corrected chi connectivity index (χ2v) is 7.00. The molecular formula is C12H12FNO2S2. The summed E-state index contributed by atoms with van der Waals surface area (Å²) in [5.41, 5.74) is 0.221. The maximum absolute atomic E-state index is 13.0. The number of anilines is 1. The van der Waals surface area contributed by atoms with E-state index in [1.807, 2.05) is 6.92 Å². The molecular weight excluding hydrogens is 273 g/mol. The Labute approximate surface area is 109 Å². The van der Waals surface area contributed by atoms with Crippen LogP contribution in [0.5, 0.6) is 0 Å². The Morgan fingerprint density at radius 3 is 2.50 bits per heavy atom. The Morgan fingerprint density at radius 1 is 1.22 bits per heavy atom. The van der Waals surface area contributed by atoms with Crippen molar-refractivity contribution in [1.29, 1.82) is 0 Å². The SMILES string of the molecule is Cc1cc(S(=O)(=O)Nc2cccc(F)c2)c(C)s1. The van der Waals surface area contributed by atoms with E-state index in [1.54, 1.807) is 13.0 Å². The van der Waals surface area contributed by atoms with E-state index in [0.29, 0.717) is 0 Å². The molecule has 1 aromatic heterocycles. The highest BCUT2D eigenvalue weighted by Crippen LogP contribution is 2.26. The van der Waals surface area contributed by atoms with Gasteiger partial charge in [-0.15, -0.1) is 11.3 Å². The van der Waals surface area contributed by atoms with Crippen molar-refractivity contribution >= 4 is 27.0 Å². The van der Waals surface area contributed by atoms with Crippen molar-refractivity contribution in [3.63, 3.8) is 0 Å². The Balaban J connectivity index is 2.36. The summed E-state index contributed by atoms with van der Waals surface area (Å²) in [4.78, 5) is 1.89. The number of halogens is 1. The van der Waals surface area contributed by atoms with Gasteiger partial charge in [-0.25, -0.2) is 12.8 Å². The van der Waals surface area contributed by atoms with Crippen molar-refractivity contribution < 1.29 is 12.8 Å². The molecule has 0 aliphatic heterocycles. The number of benzene rings is 1. The first-order valence-corrected chi connectivity index (χ1v) is 7.54. The summed E-state index contributed by atoms with van der Waals surface area (Å²) in [6.07, 6.45) is 0. The highest BCUT2D eigenvalue weighted by Gasteiger charge is 2.19. The minimum absolute atomic E-state index is 0.221. The number of rotatable bonds is 3. The second-order valence-electron chi connectivity index (χ2n) is 3.89. The van der Waals surface area contributed by atoms with Gasteiger partial charge in [0.2, 0.25) is 0 Å². The molecule has 0 saturated heterocycles. The average molecular weight is 285 g/mol. The molecule has 96 valence electrons. The van der Waals surface area contributed by atoms with Gasteiger partial charge >= 0.3 is 0 Å². The van der Waals surface area contributed by atoms with E-state index in [0.717, 1.165) is 15.8 Å². The lowest BCUT2D eigenvalue weighted by atomic mass is 10.3. The predicted molar refractivity (Wildman–Crippen MR) is 71.0 cm³/mol. The van der Waals surface area contributed by atoms with Crippen molar-refractivity contribution in [3.05, 3.63) is 45.9 Å². The lowest BCUT2D eigenvalue weighted by Gasteiger charge is -2.07. The summed E-state index contributed by atoms with van der Waals surface area (Å²) >= 11 is 1.42. The number of aryl methyl sites for hydroxylation is 2. The molecule has 2 rings (SSSR count). The van der Waals surface area contributed by atoms with Crippen LogP contribution in [0, 0.1) is 19.7 Å². The number of hydrogen-bond acceptors (Lipinski definition) is 3. The predicted octanol–water partition coefficient (Wildman–Crippen LogP) is 3.30. The first-order valence-electron chi connectivity index (χ1n) is 5.24. The zero-order valence-corrected chi connectivity index (χ0v) is 11.5. The van der Waals surface area contributed by atoms with Crippen molar-refractivity contribution in [2.24, 2.45) is 0 Å².